The van der Waals surface area contributed by atoms with Gasteiger partial charge in [-0.15, -0.1) is 0 Å². The van der Waals surface area contributed by atoms with Gasteiger partial charge >= 0.3 is 0 Å². The second-order valence-corrected chi connectivity index (χ2v) is 5.60. The lowest BCUT2D eigenvalue weighted by Gasteiger charge is -2.04. The first-order chi connectivity index (χ1) is 10.2. The zero-order chi connectivity index (χ0) is 14.8. The second-order valence-electron chi connectivity index (χ2n) is 4.81. The monoisotopic (exact) mass is 345 g/mol. The summed E-state index contributed by atoms with van der Waals surface area (Å²) in [6, 6.07) is 13.7. The standard InChI is InChI=1S/C16H16BrN3O/c1-2-6-12-15(13-9-10-14(17)21-13)19-20(16(12)18)11-7-4-3-5-8-11/h3-5,7-10H,2,6,18H2,1H3. The van der Waals surface area contributed by atoms with Crippen molar-refractivity contribution in [2.24, 2.45) is 0 Å². The molecule has 0 spiro atoms. The summed E-state index contributed by atoms with van der Waals surface area (Å²) in [7, 11) is 0. The number of benzene rings is 1. The normalized spacial score (nSPS) is 11.0. The summed E-state index contributed by atoms with van der Waals surface area (Å²) in [5.41, 5.74) is 9.10. The molecule has 0 atom stereocenters. The minimum absolute atomic E-state index is 0.672. The lowest BCUT2D eigenvalue weighted by Crippen LogP contribution is -2.02. The van der Waals surface area contributed by atoms with Gasteiger partial charge in [0, 0.05) is 5.56 Å². The van der Waals surface area contributed by atoms with Crippen molar-refractivity contribution < 1.29 is 4.42 Å². The van der Waals surface area contributed by atoms with E-state index in [0.29, 0.717) is 10.5 Å². The Hall–Kier alpha value is -2.01. The maximum absolute atomic E-state index is 6.31. The van der Waals surface area contributed by atoms with Gasteiger partial charge in [-0.1, -0.05) is 31.5 Å². The summed E-state index contributed by atoms with van der Waals surface area (Å²) in [5.74, 6) is 1.40. The Morgan fingerprint density at radius 3 is 2.57 bits per heavy atom. The molecule has 2 heterocycles. The van der Waals surface area contributed by atoms with E-state index < -0.39 is 0 Å². The average Bonchev–Trinajstić information content (AvgIpc) is 3.06. The number of nitrogens with zero attached hydrogens (tertiary/aromatic N) is 2. The van der Waals surface area contributed by atoms with Crippen LogP contribution in [0.15, 0.2) is 51.6 Å². The Morgan fingerprint density at radius 2 is 1.95 bits per heavy atom. The fourth-order valence-corrected chi connectivity index (χ4v) is 2.67. The molecule has 5 heteroatoms. The number of anilines is 1. The molecular formula is C16H16BrN3O. The van der Waals surface area contributed by atoms with Gasteiger partial charge in [-0.3, -0.25) is 0 Å². The molecule has 4 nitrogen and oxygen atoms in total. The molecule has 0 aliphatic carbocycles. The predicted octanol–water partition coefficient (Wildman–Crippen LogP) is 4.43. The average molecular weight is 346 g/mol. The van der Waals surface area contributed by atoms with Crippen LogP contribution >= 0.6 is 15.9 Å². The first kappa shape index (κ1) is 13.9. The van der Waals surface area contributed by atoms with Crippen LogP contribution < -0.4 is 5.73 Å². The van der Waals surface area contributed by atoms with Crippen molar-refractivity contribution in [3.63, 3.8) is 0 Å². The predicted molar refractivity (Wildman–Crippen MR) is 87.4 cm³/mol. The highest BCUT2D eigenvalue weighted by atomic mass is 79.9. The molecule has 2 N–H and O–H groups in total. The first-order valence-corrected chi connectivity index (χ1v) is 7.68. The molecule has 1 aromatic carbocycles. The van der Waals surface area contributed by atoms with Gasteiger partial charge in [-0.25, -0.2) is 4.68 Å². The van der Waals surface area contributed by atoms with Crippen molar-refractivity contribution in [3.8, 4) is 17.1 Å². The van der Waals surface area contributed by atoms with E-state index in [9.17, 15) is 0 Å². The number of para-hydroxylation sites is 1. The summed E-state index contributed by atoms with van der Waals surface area (Å²) >= 11 is 3.33. The van der Waals surface area contributed by atoms with E-state index in [1.54, 1.807) is 4.68 Å². The molecule has 108 valence electrons. The number of nitrogen functional groups attached to an aromatic ring is 1. The number of hydrogen-bond acceptors (Lipinski definition) is 3. The van der Waals surface area contributed by atoms with Gasteiger partial charge in [-0.05, 0) is 46.6 Å². The van der Waals surface area contributed by atoms with Crippen molar-refractivity contribution in [1.82, 2.24) is 9.78 Å². The van der Waals surface area contributed by atoms with E-state index in [-0.39, 0.29) is 0 Å². The third-order valence-electron chi connectivity index (χ3n) is 3.33. The van der Waals surface area contributed by atoms with Crippen LogP contribution in [0.25, 0.3) is 17.1 Å². The lowest BCUT2D eigenvalue weighted by molar-refractivity contribution is 0.552. The van der Waals surface area contributed by atoms with Gasteiger partial charge in [0.1, 0.15) is 11.5 Å². The van der Waals surface area contributed by atoms with Crippen molar-refractivity contribution in [3.05, 3.63) is 52.7 Å². The topological polar surface area (TPSA) is 57.0 Å². The quantitative estimate of drug-likeness (QED) is 0.760. The summed E-state index contributed by atoms with van der Waals surface area (Å²) in [5, 5.41) is 4.66. The second kappa shape index (κ2) is 5.77. The van der Waals surface area contributed by atoms with E-state index in [2.05, 4.69) is 28.0 Å². The lowest BCUT2D eigenvalue weighted by atomic mass is 10.1. The van der Waals surface area contributed by atoms with Crippen LogP contribution in [0.2, 0.25) is 0 Å². The number of furan rings is 1. The fourth-order valence-electron chi connectivity index (χ4n) is 2.37. The summed E-state index contributed by atoms with van der Waals surface area (Å²) < 4.78 is 8.11. The van der Waals surface area contributed by atoms with Crippen LogP contribution in [-0.2, 0) is 6.42 Å². The first-order valence-electron chi connectivity index (χ1n) is 6.89. The van der Waals surface area contributed by atoms with Crippen molar-refractivity contribution in [2.45, 2.75) is 19.8 Å². The third-order valence-corrected chi connectivity index (χ3v) is 3.76. The highest BCUT2D eigenvalue weighted by Gasteiger charge is 2.19. The highest BCUT2D eigenvalue weighted by Crippen LogP contribution is 2.32. The molecular weight excluding hydrogens is 330 g/mol. The molecule has 3 rings (SSSR count). The number of halogens is 1. The summed E-state index contributed by atoms with van der Waals surface area (Å²) in [6.45, 7) is 2.13. The molecule has 0 unspecified atom stereocenters. The van der Waals surface area contributed by atoms with Gasteiger partial charge in [0.25, 0.3) is 0 Å². The zero-order valence-corrected chi connectivity index (χ0v) is 13.3. The van der Waals surface area contributed by atoms with E-state index in [1.165, 1.54) is 0 Å². The van der Waals surface area contributed by atoms with E-state index >= 15 is 0 Å². The Labute approximate surface area is 131 Å². The van der Waals surface area contributed by atoms with Gasteiger partial charge in [0.2, 0.25) is 0 Å². The maximum Gasteiger partial charge on any atom is 0.169 e. The van der Waals surface area contributed by atoms with Crippen LogP contribution in [0.1, 0.15) is 18.9 Å². The molecule has 0 saturated carbocycles. The van der Waals surface area contributed by atoms with Crippen molar-refractivity contribution in [1.29, 1.82) is 0 Å². The molecule has 2 aromatic heterocycles. The number of aromatic nitrogens is 2. The molecule has 21 heavy (non-hydrogen) atoms. The third kappa shape index (κ3) is 2.61. The minimum Gasteiger partial charge on any atom is -0.448 e. The number of rotatable bonds is 4. The Bertz CT molecular complexity index is 746. The minimum atomic E-state index is 0.672. The molecule has 0 amide bonds. The molecule has 0 radical (unpaired) electrons. The largest absolute Gasteiger partial charge is 0.448 e. The van der Waals surface area contributed by atoms with Crippen molar-refractivity contribution in [2.75, 3.05) is 5.73 Å². The highest BCUT2D eigenvalue weighted by molar-refractivity contribution is 9.10. The summed E-state index contributed by atoms with van der Waals surface area (Å²) in [4.78, 5) is 0. The zero-order valence-electron chi connectivity index (χ0n) is 11.7. The Balaban J connectivity index is 2.16. The van der Waals surface area contributed by atoms with E-state index in [4.69, 9.17) is 10.2 Å². The van der Waals surface area contributed by atoms with Crippen LogP contribution in [-0.4, -0.2) is 9.78 Å². The van der Waals surface area contributed by atoms with Gasteiger partial charge in [-0.2, -0.15) is 5.10 Å². The fraction of sp³-hybridized carbons (Fsp3) is 0.188. The van der Waals surface area contributed by atoms with Crippen LogP contribution in [0.3, 0.4) is 0 Å². The van der Waals surface area contributed by atoms with Gasteiger partial charge in [0.15, 0.2) is 10.4 Å². The van der Waals surface area contributed by atoms with Gasteiger partial charge < -0.3 is 10.2 Å². The number of nitrogens with two attached hydrogens (primary N) is 1. The van der Waals surface area contributed by atoms with Crippen LogP contribution in [0.4, 0.5) is 5.82 Å². The van der Waals surface area contributed by atoms with E-state index in [0.717, 1.165) is 35.5 Å². The van der Waals surface area contributed by atoms with Crippen LogP contribution in [0, 0.1) is 0 Å². The Morgan fingerprint density at radius 1 is 1.19 bits per heavy atom. The molecule has 0 bridgehead atoms. The SMILES string of the molecule is CCCc1c(-c2ccc(Br)o2)nn(-c2ccccc2)c1N. The molecule has 3 aromatic rings. The summed E-state index contributed by atoms with van der Waals surface area (Å²) in [6.07, 6.45) is 1.87. The molecule has 0 fully saturated rings. The maximum atomic E-state index is 6.31. The Kier molecular flexibility index (Phi) is 3.84. The van der Waals surface area contributed by atoms with Gasteiger partial charge in [0.05, 0.1) is 5.69 Å². The van der Waals surface area contributed by atoms with Crippen LogP contribution in [0.5, 0.6) is 0 Å². The smallest absolute Gasteiger partial charge is 0.169 e. The van der Waals surface area contributed by atoms with E-state index in [1.807, 2.05) is 42.5 Å². The molecule has 0 aliphatic heterocycles. The van der Waals surface area contributed by atoms with Crippen molar-refractivity contribution >= 4 is 21.7 Å². The molecule has 0 aliphatic rings. The molecule has 0 saturated heterocycles. The number of hydrogen-bond donors (Lipinski definition) is 1.